The van der Waals surface area contributed by atoms with Crippen molar-refractivity contribution < 1.29 is 9.59 Å². The van der Waals surface area contributed by atoms with E-state index in [9.17, 15) is 4.79 Å². The van der Waals surface area contributed by atoms with Crippen LogP contribution in [-0.2, 0) is 20.5 Å². The number of Topliss-reactive ketones (excluding diaryl/α,β-unsaturated/α-hetero) is 1. The van der Waals surface area contributed by atoms with E-state index in [4.69, 9.17) is 0 Å². The van der Waals surface area contributed by atoms with Crippen molar-refractivity contribution in [2.45, 2.75) is 49.6 Å². The molecule has 4 aromatic rings. The molecule has 202 valence electrons. The van der Waals surface area contributed by atoms with Gasteiger partial charge in [0.2, 0.25) is 0 Å². The first-order valence-corrected chi connectivity index (χ1v) is 14.6. The molecule has 0 unspecified atom stereocenters. The summed E-state index contributed by atoms with van der Waals surface area (Å²) in [4.78, 5) is 32.7. The number of nitrogens with zero attached hydrogens (tertiary/aromatic N) is 1. The highest BCUT2D eigenvalue weighted by molar-refractivity contribution is 6.36. The SMILES string of the molecule is Cc1ccc(/C=C2/C(=O)[C@]3(c4ccccc42)[C@@H](c2ccc(C)cc2)[C@@H]2CCCN2[C@]32C(=O)Nc3ccccc32)cc1. The Bertz CT molecular complexity index is 1770. The number of carbonyl (C=O) groups is 2. The summed E-state index contributed by atoms with van der Waals surface area (Å²) in [5.74, 6) is -0.217. The zero-order chi connectivity index (χ0) is 27.9. The Morgan fingerprint density at radius 3 is 2.22 bits per heavy atom. The number of hydrogen-bond donors (Lipinski definition) is 1. The van der Waals surface area contributed by atoms with Gasteiger partial charge in [-0.3, -0.25) is 14.5 Å². The van der Waals surface area contributed by atoms with E-state index in [-0.39, 0.29) is 23.7 Å². The van der Waals surface area contributed by atoms with Crippen LogP contribution in [0.5, 0.6) is 0 Å². The highest BCUT2D eigenvalue weighted by Crippen LogP contribution is 2.71. The van der Waals surface area contributed by atoms with Gasteiger partial charge in [0.05, 0.1) is 5.41 Å². The van der Waals surface area contributed by atoms with E-state index in [1.54, 1.807) is 0 Å². The lowest BCUT2D eigenvalue weighted by Crippen LogP contribution is -2.60. The first kappa shape index (κ1) is 24.5. The summed E-state index contributed by atoms with van der Waals surface area (Å²) >= 11 is 0. The number of fused-ring (bicyclic) bond motifs is 7. The monoisotopic (exact) mass is 536 g/mol. The number of amides is 1. The molecular formula is C37H32N2O2. The number of allylic oxidation sites excluding steroid dienone is 1. The van der Waals surface area contributed by atoms with Crippen LogP contribution in [-0.4, -0.2) is 29.2 Å². The number of ketones is 1. The lowest BCUT2D eigenvalue weighted by Gasteiger charge is -2.44. The van der Waals surface area contributed by atoms with Gasteiger partial charge in [-0.1, -0.05) is 102 Å². The maximum atomic E-state index is 15.6. The summed E-state index contributed by atoms with van der Waals surface area (Å²) in [6.07, 6.45) is 3.99. The van der Waals surface area contributed by atoms with Gasteiger partial charge in [-0.25, -0.2) is 0 Å². The smallest absolute Gasteiger partial charge is 0.251 e. The predicted molar refractivity (Wildman–Crippen MR) is 163 cm³/mol. The molecule has 0 saturated carbocycles. The topological polar surface area (TPSA) is 49.4 Å². The minimum atomic E-state index is -1.14. The fourth-order valence-electron chi connectivity index (χ4n) is 8.62. The van der Waals surface area contributed by atoms with Crippen LogP contribution in [0.1, 0.15) is 57.7 Å². The average Bonchev–Trinajstić information content (AvgIpc) is 3.70. The summed E-state index contributed by atoms with van der Waals surface area (Å²) in [6, 6.07) is 33.3. The van der Waals surface area contributed by atoms with Crippen LogP contribution in [0.15, 0.2) is 97.1 Å². The quantitative estimate of drug-likeness (QED) is 0.288. The average molecular weight is 537 g/mol. The summed E-state index contributed by atoms with van der Waals surface area (Å²) in [7, 11) is 0. The van der Waals surface area contributed by atoms with Gasteiger partial charge in [-0.2, -0.15) is 0 Å². The van der Waals surface area contributed by atoms with E-state index in [2.05, 4.69) is 90.8 Å². The van der Waals surface area contributed by atoms with Crippen molar-refractivity contribution in [3.63, 3.8) is 0 Å². The first-order chi connectivity index (χ1) is 20.0. The zero-order valence-electron chi connectivity index (χ0n) is 23.4. The normalized spacial score (nSPS) is 28.9. The van der Waals surface area contributed by atoms with Gasteiger partial charge in [0.1, 0.15) is 5.54 Å². The van der Waals surface area contributed by atoms with Gasteiger partial charge in [0, 0.05) is 28.8 Å². The fourth-order valence-corrected chi connectivity index (χ4v) is 8.62. The molecule has 4 nitrogen and oxygen atoms in total. The maximum absolute atomic E-state index is 15.6. The summed E-state index contributed by atoms with van der Waals surface area (Å²) < 4.78 is 0. The van der Waals surface area contributed by atoms with E-state index in [1.807, 2.05) is 36.4 Å². The molecule has 3 heterocycles. The lowest BCUT2D eigenvalue weighted by atomic mass is 9.56. The molecule has 4 atom stereocenters. The Morgan fingerprint density at radius 2 is 1.46 bits per heavy atom. The molecule has 2 spiro atoms. The second kappa shape index (κ2) is 8.61. The molecule has 2 fully saturated rings. The van der Waals surface area contributed by atoms with Crippen LogP contribution in [0, 0.1) is 13.8 Å². The highest BCUT2D eigenvalue weighted by Gasteiger charge is 2.80. The molecule has 2 saturated heterocycles. The summed E-state index contributed by atoms with van der Waals surface area (Å²) in [6.45, 7) is 4.94. The number of benzene rings is 4. The van der Waals surface area contributed by atoms with E-state index >= 15 is 4.79 Å². The number of hydrogen-bond acceptors (Lipinski definition) is 3. The van der Waals surface area contributed by atoms with Crippen molar-refractivity contribution in [3.8, 4) is 0 Å². The van der Waals surface area contributed by atoms with Crippen LogP contribution in [0.25, 0.3) is 11.6 Å². The third-order valence-corrected chi connectivity index (χ3v) is 10.1. The molecular weight excluding hydrogens is 504 g/mol. The molecule has 0 bridgehead atoms. The Balaban J connectivity index is 1.50. The molecule has 0 radical (unpaired) electrons. The van der Waals surface area contributed by atoms with Crippen molar-refractivity contribution in [2.24, 2.45) is 0 Å². The second-order valence-corrected chi connectivity index (χ2v) is 12.2. The van der Waals surface area contributed by atoms with E-state index < -0.39 is 11.0 Å². The van der Waals surface area contributed by atoms with Crippen LogP contribution in [0.3, 0.4) is 0 Å². The Kier molecular flexibility index (Phi) is 5.15. The number of para-hydroxylation sites is 1. The highest BCUT2D eigenvalue weighted by atomic mass is 16.2. The number of carbonyl (C=O) groups excluding carboxylic acids is 2. The molecule has 1 amide bonds. The van der Waals surface area contributed by atoms with Crippen molar-refractivity contribution in [1.29, 1.82) is 0 Å². The Labute approximate surface area is 240 Å². The zero-order valence-corrected chi connectivity index (χ0v) is 23.4. The van der Waals surface area contributed by atoms with Crippen molar-refractivity contribution in [3.05, 3.63) is 136 Å². The van der Waals surface area contributed by atoms with E-state index in [0.29, 0.717) is 5.57 Å². The van der Waals surface area contributed by atoms with Crippen LogP contribution in [0.4, 0.5) is 5.69 Å². The van der Waals surface area contributed by atoms with Crippen molar-refractivity contribution >= 4 is 29.0 Å². The van der Waals surface area contributed by atoms with E-state index in [0.717, 1.165) is 52.9 Å². The summed E-state index contributed by atoms with van der Waals surface area (Å²) in [5.41, 5.74) is 6.55. The fraction of sp³-hybridized carbons (Fsp3) is 0.243. The maximum Gasteiger partial charge on any atom is 0.251 e. The minimum absolute atomic E-state index is 0.0473. The van der Waals surface area contributed by atoms with Gasteiger partial charge < -0.3 is 5.32 Å². The van der Waals surface area contributed by atoms with Crippen LogP contribution in [0.2, 0.25) is 0 Å². The number of rotatable bonds is 2. The third-order valence-electron chi connectivity index (χ3n) is 10.1. The lowest BCUT2D eigenvalue weighted by molar-refractivity contribution is -0.136. The molecule has 8 rings (SSSR count). The Morgan fingerprint density at radius 1 is 0.805 bits per heavy atom. The van der Waals surface area contributed by atoms with Crippen LogP contribution < -0.4 is 5.32 Å². The molecule has 1 N–H and O–H groups in total. The summed E-state index contributed by atoms with van der Waals surface area (Å²) in [5, 5.41) is 3.24. The van der Waals surface area contributed by atoms with Gasteiger partial charge in [0.25, 0.3) is 5.91 Å². The van der Waals surface area contributed by atoms with Gasteiger partial charge in [-0.05, 0) is 67.6 Å². The first-order valence-electron chi connectivity index (χ1n) is 14.6. The van der Waals surface area contributed by atoms with Crippen LogP contribution >= 0.6 is 0 Å². The Hall–Kier alpha value is -4.28. The third kappa shape index (κ3) is 2.98. The second-order valence-electron chi connectivity index (χ2n) is 12.2. The van der Waals surface area contributed by atoms with Gasteiger partial charge >= 0.3 is 0 Å². The molecule has 1 aliphatic carbocycles. The van der Waals surface area contributed by atoms with Crippen molar-refractivity contribution in [1.82, 2.24) is 4.90 Å². The molecule has 4 aromatic carbocycles. The number of aryl methyl sites for hydroxylation is 2. The number of anilines is 1. The van der Waals surface area contributed by atoms with Crippen molar-refractivity contribution in [2.75, 3.05) is 11.9 Å². The standard InChI is InChI=1S/C37H32N2O2/c1-23-13-17-25(18-14-23)22-28-27-8-3-4-9-29(27)36(34(28)40)33(26-19-15-24(2)16-20-26)32-12-7-21-39(32)37(36)30-10-5-6-11-31(30)38-35(37)41/h3-6,8-11,13-20,22,32-33H,7,12,21H2,1-2H3,(H,38,41)/b28-22+/t32-,33-,36-,37+/m0/s1. The van der Waals surface area contributed by atoms with Gasteiger partial charge in [0.15, 0.2) is 5.78 Å². The molecule has 4 heteroatoms. The largest absolute Gasteiger partial charge is 0.324 e. The molecule has 4 aliphatic rings. The van der Waals surface area contributed by atoms with E-state index in [1.165, 1.54) is 11.1 Å². The molecule has 41 heavy (non-hydrogen) atoms. The minimum Gasteiger partial charge on any atom is -0.324 e. The molecule has 3 aliphatic heterocycles. The predicted octanol–water partition coefficient (Wildman–Crippen LogP) is 6.77. The van der Waals surface area contributed by atoms with Gasteiger partial charge in [-0.15, -0.1) is 0 Å². The molecule has 0 aromatic heterocycles. The number of nitrogens with one attached hydrogen (secondary N) is 1.